The van der Waals surface area contributed by atoms with Gasteiger partial charge in [-0.05, 0) is 12.8 Å². The molecule has 0 fully saturated rings. The molecule has 0 heterocycles. The number of alkyl halides is 1. The fourth-order valence-corrected chi connectivity index (χ4v) is 1.20. The largest absolute Gasteiger partial charge is 0.469 e. The average molecular weight is 158 g/mol. The maximum absolute atomic E-state index is 12.6. The topological polar surface area (TPSA) is 26.3 Å². The van der Waals surface area contributed by atoms with Crippen LogP contribution in [-0.2, 0) is 9.53 Å². The van der Waals surface area contributed by atoms with Crippen LogP contribution in [0.1, 0.15) is 12.8 Å². The van der Waals surface area contributed by atoms with Crippen LogP contribution in [0.2, 0.25) is 0 Å². The van der Waals surface area contributed by atoms with E-state index >= 15 is 0 Å². The second-order valence-corrected chi connectivity index (χ2v) is 2.64. The van der Waals surface area contributed by atoms with Gasteiger partial charge in [-0.3, -0.25) is 4.79 Å². The van der Waals surface area contributed by atoms with Gasteiger partial charge in [0.2, 0.25) is 0 Å². The van der Waals surface area contributed by atoms with Crippen molar-refractivity contribution in [1.82, 2.24) is 0 Å². The molecule has 0 amide bonds. The van der Waals surface area contributed by atoms with Crippen molar-refractivity contribution in [3.05, 3.63) is 12.2 Å². The van der Waals surface area contributed by atoms with Crippen LogP contribution in [-0.4, -0.2) is 19.3 Å². The van der Waals surface area contributed by atoms with Gasteiger partial charge < -0.3 is 4.74 Å². The van der Waals surface area contributed by atoms with Gasteiger partial charge in [-0.2, -0.15) is 0 Å². The number of hydrogen-bond donors (Lipinski definition) is 0. The van der Waals surface area contributed by atoms with Crippen molar-refractivity contribution in [1.29, 1.82) is 0 Å². The molecule has 1 aliphatic rings. The average Bonchev–Trinajstić information content (AvgIpc) is 2.03. The quantitative estimate of drug-likeness (QED) is 0.426. The van der Waals surface area contributed by atoms with E-state index in [4.69, 9.17) is 0 Å². The Hall–Kier alpha value is -0.860. The molecule has 0 unspecified atom stereocenters. The zero-order valence-corrected chi connectivity index (χ0v) is 6.42. The first kappa shape index (κ1) is 8.24. The van der Waals surface area contributed by atoms with Gasteiger partial charge in [0.25, 0.3) is 0 Å². The summed E-state index contributed by atoms with van der Waals surface area (Å²) in [6.45, 7) is 0. The normalized spacial score (nSPS) is 30.0. The summed E-state index contributed by atoms with van der Waals surface area (Å²) in [6.07, 6.45) is 3.07. The molecule has 0 aliphatic heterocycles. The van der Waals surface area contributed by atoms with Crippen LogP contribution in [0, 0.1) is 5.92 Å². The molecular weight excluding hydrogens is 147 g/mol. The summed E-state index contributed by atoms with van der Waals surface area (Å²) < 4.78 is 17.1. The van der Waals surface area contributed by atoms with Crippen molar-refractivity contribution >= 4 is 5.97 Å². The molecule has 0 bridgehead atoms. The second-order valence-electron chi connectivity index (χ2n) is 2.64. The first-order valence-corrected chi connectivity index (χ1v) is 3.62. The Morgan fingerprint density at radius 3 is 3.00 bits per heavy atom. The first-order chi connectivity index (χ1) is 5.24. The van der Waals surface area contributed by atoms with E-state index in [0.29, 0.717) is 6.42 Å². The van der Waals surface area contributed by atoms with Crippen molar-refractivity contribution < 1.29 is 13.9 Å². The Morgan fingerprint density at radius 2 is 2.45 bits per heavy atom. The smallest absolute Gasteiger partial charge is 0.309 e. The van der Waals surface area contributed by atoms with Gasteiger partial charge in [0.15, 0.2) is 0 Å². The minimum atomic E-state index is -0.979. The van der Waals surface area contributed by atoms with Gasteiger partial charge in [0.05, 0.1) is 13.0 Å². The number of allylic oxidation sites excluding steroid dienone is 2. The lowest BCUT2D eigenvalue weighted by molar-refractivity contribution is -0.146. The molecule has 62 valence electrons. The van der Waals surface area contributed by atoms with Crippen LogP contribution in [0.25, 0.3) is 0 Å². The summed E-state index contributed by atoms with van der Waals surface area (Å²) in [5.74, 6) is -0.586. The Labute approximate surface area is 65.0 Å². The molecule has 0 saturated heterocycles. The van der Waals surface area contributed by atoms with Gasteiger partial charge in [0, 0.05) is 0 Å². The molecule has 3 heteroatoms. The molecule has 11 heavy (non-hydrogen) atoms. The van der Waals surface area contributed by atoms with E-state index in [0.717, 1.165) is 0 Å². The van der Waals surface area contributed by atoms with Crippen molar-refractivity contribution in [2.45, 2.75) is 19.0 Å². The van der Waals surface area contributed by atoms with Gasteiger partial charge in [0.1, 0.15) is 6.17 Å². The van der Waals surface area contributed by atoms with E-state index in [1.165, 1.54) is 13.2 Å². The van der Waals surface area contributed by atoms with Gasteiger partial charge in [-0.25, -0.2) is 4.39 Å². The number of hydrogen-bond acceptors (Lipinski definition) is 2. The lowest BCUT2D eigenvalue weighted by Crippen LogP contribution is -2.21. The zero-order chi connectivity index (χ0) is 8.27. The third-order valence-electron chi connectivity index (χ3n) is 1.81. The number of esters is 1. The third-order valence-corrected chi connectivity index (χ3v) is 1.81. The summed E-state index contributed by atoms with van der Waals surface area (Å²) in [4.78, 5) is 10.9. The van der Waals surface area contributed by atoms with Gasteiger partial charge in [-0.15, -0.1) is 0 Å². The summed E-state index contributed by atoms with van der Waals surface area (Å²) in [6, 6.07) is 0. The highest BCUT2D eigenvalue weighted by Gasteiger charge is 2.24. The van der Waals surface area contributed by atoms with Crippen molar-refractivity contribution in [3.8, 4) is 0 Å². The maximum Gasteiger partial charge on any atom is 0.309 e. The van der Waals surface area contributed by atoms with Crippen molar-refractivity contribution in [2.24, 2.45) is 5.92 Å². The van der Waals surface area contributed by atoms with Crippen LogP contribution in [0.4, 0.5) is 4.39 Å². The molecule has 1 aliphatic carbocycles. The minimum absolute atomic E-state index is 0.267. The molecule has 1 rings (SSSR count). The van der Waals surface area contributed by atoms with Gasteiger partial charge in [-0.1, -0.05) is 12.2 Å². The number of halogens is 1. The van der Waals surface area contributed by atoms with Crippen LogP contribution in [0.3, 0.4) is 0 Å². The molecule has 0 aromatic carbocycles. The highest BCUT2D eigenvalue weighted by atomic mass is 19.1. The molecule has 0 radical (unpaired) electrons. The molecule has 2 atom stereocenters. The molecule has 2 nitrogen and oxygen atoms in total. The molecule has 0 spiro atoms. The monoisotopic (exact) mass is 158 g/mol. The lowest BCUT2D eigenvalue weighted by atomic mass is 9.93. The van der Waals surface area contributed by atoms with Crippen molar-refractivity contribution in [2.75, 3.05) is 7.11 Å². The summed E-state index contributed by atoms with van der Waals surface area (Å²) in [7, 11) is 1.33. The Morgan fingerprint density at radius 1 is 1.73 bits per heavy atom. The molecule has 0 saturated carbocycles. The number of methoxy groups -OCH3 is 1. The van der Waals surface area contributed by atoms with E-state index in [9.17, 15) is 9.18 Å². The van der Waals surface area contributed by atoms with E-state index in [1.54, 1.807) is 6.08 Å². The fourth-order valence-electron chi connectivity index (χ4n) is 1.20. The van der Waals surface area contributed by atoms with E-state index in [1.807, 2.05) is 0 Å². The first-order valence-electron chi connectivity index (χ1n) is 3.62. The number of carbonyl (C=O) groups excluding carboxylic acids is 1. The fraction of sp³-hybridized carbons (Fsp3) is 0.625. The van der Waals surface area contributed by atoms with Crippen LogP contribution in [0.15, 0.2) is 12.2 Å². The van der Waals surface area contributed by atoms with E-state index in [-0.39, 0.29) is 18.3 Å². The lowest BCUT2D eigenvalue weighted by Gasteiger charge is -2.17. The minimum Gasteiger partial charge on any atom is -0.469 e. The maximum atomic E-state index is 12.6. The highest BCUT2D eigenvalue weighted by Crippen LogP contribution is 2.21. The molecular formula is C8H11FO2. The second kappa shape index (κ2) is 3.51. The van der Waals surface area contributed by atoms with Gasteiger partial charge >= 0.3 is 5.97 Å². The third kappa shape index (κ3) is 2.03. The standard InChI is InChI=1S/C8H11FO2/c1-11-8(10)6-3-2-4-7(9)5-6/h2,4,6-7H,3,5H2,1H3/t6-,7-/m0/s1. The highest BCUT2D eigenvalue weighted by molar-refractivity contribution is 5.72. The van der Waals surface area contributed by atoms with Crippen LogP contribution in [0.5, 0.6) is 0 Å². The molecule has 0 aromatic heterocycles. The number of rotatable bonds is 1. The van der Waals surface area contributed by atoms with Crippen LogP contribution < -0.4 is 0 Å². The summed E-state index contributed by atoms with van der Waals surface area (Å²) in [5.41, 5.74) is 0. The SMILES string of the molecule is COC(=O)[C@H]1CC=C[C@H](F)C1. The Balaban J connectivity index is 2.49. The zero-order valence-electron chi connectivity index (χ0n) is 6.42. The number of carbonyl (C=O) groups is 1. The van der Waals surface area contributed by atoms with E-state index < -0.39 is 6.17 Å². The van der Waals surface area contributed by atoms with Crippen LogP contribution >= 0.6 is 0 Å². The summed E-state index contributed by atoms with van der Waals surface area (Å²) >= 11 is 0. The summed E-state index contributed by atoms with van der Waals surface area (Å²) in [5, 5.41) is 0. The molecule has 0 aromatic rings. The number of ether oxygens (including phenoxy) is 1. The van der Waals surface area contributed by atoms with Crippen molar-refractivity contribution in [3.63, 3.8) is 0 Å². The van der Waals surface area contributed by atoms with E-state index in [2.05, 4.69) is 4.74 Å². The Kier molecular flexibility index (Phi) is 2.63. The Bertz CT molecular complexity index is 177. The molecule has 0 N–H and O–H groups in total. The predicted octanol–water partition coefficient (Wildman–Crippen LogP) is 1.46. The predicted molar refractivity (Wildman–Crippen MR) is 38.8 cm³/mol.